The molecule has 172 valence electrons. The molecule has 2 fully saturated rings. The van der Waals surface area contributed by atoms with Crippen molar-refractivity contribution < 1.29 is 9.59 Å². The van der Waals surface area contributed by atoms with Gasteiger partial charge in [0, 0.05) is 19.3 Å². The quantitative estimate of drug-likeness (QED) is 0.781. The maximum absolute atomic E-state index is 13.6. The van der Waals surface area contributed by atoms with Gasteiger partial charge in [0.05, 0.1) is 13.1 Å². The molecule has 3 aliphatic rings. The first-order valence-corrected chi connectivity index (χ1v) is 11.3. The van der Waals surface area contributed by atoms with E-state index in [4.69, 9.17) is 5.10 Å². The maximum Gasteiger partial charge on any atom is 0.328 e. The lowest BCUT2D eigenvalue weighted by Gasteiger charge is -2.42. The predicted molar refractivity (Wildman–Crippen MR) is 126 cm³/mol. The molecule has 0 bridgehead atoms. The first-order valence-electron chi connectivity index (χ1n) is 11.3. The fraction of sp³-hybridized carbons (Fsp3) is 0.400. The van der Waals surface area contributed by atoms with Crippen molar-refractivity contribution in [3.63, 3.8) is 0 Å². The number of likely N-dealkylation sites (N-methyl/N-ethyl adjacent to an activating group) is 1. The Bertz CT molecular complexity index is 1100. The minimum absolute atomic E-state index is 0.163. The van der Waals surface area contributed by atoms with Crippen LogP contribution in [-0.2, 0) is 17.9 Å². The number of imide groups is 1. The summed E-state index contributed by atoms with van der Waals surface area (Å²) in [6, 6.07) is 15.6. The second-order valence-corrected chi connectivity index (χ2v) is 9.32. The minimum Gasteiger partial charge on any atom is -0.310 e. The van der Waals surface area contributed by atoms with Crippen molar-refractivity contribution in [3.05, 3.63) is 70.8 Å². The largest absolute Gasteiger partial charge is 0.328 e. The summed E-state index contributed by atoms with van der Waals surface area (Å²) >= 11 is 0. The van der Waals surface area contributed by atoms with Crippen LogP contribution in [0.2, 0.25) is 0 Å². The Balaban J connectivity index is 1.41. The summed E-state index contributed by atoms with van der Waals surface area (Å²) in [4.78, 5) is 32.0. The van der Waals surface area contributed by atoms with Crippen molar-refractivity contribution in [2.45, 2.75) is 52.4 Å². The van der Waals surface area contributed by atoms with Crippen LogP contribution < -0.4 is 5.32 Å². The SMILES string of the molecule is CC1=NN(Cc2ccc(C)cc2)C2NC3C(C(=O)N(Cc4ccc(C)cc4)C(=O)N3C)N2C1. The van der Waals surface area contributed by atoms with Crippen LogP contribution in [-0.4, -0.2) is 69.4 Å². The number of carbonyl (C=O) groups is 2. The first kappa shape index (κ1) is 21.6. The lowest BCUT2D eigenvalue weighted by atomic mass is 10.1. The van der Waals surface area contributed by atoms with Crippen molar-refractivity contribution >= 4 is 17.6 Å². The van der Waals surface area contributed by atoms with Crippen LogP contribution in [0.15, 0.2) is 53.6 Å². The number of benzene rings is 2. The van der Waals surface area contributed by atoms with Crippen molar-refractivity contribution in [1.82, 2.24) is 25.0 Å². The molecule has 0 aliphatic carbocycles. The molecule has 3 amide bonds. The van der Waals surface area contributed by atoms with E-state index in [9.17, 15) is 9.59 Å². The molecule has 3 atom stereocenters. The number of nitrogens with one attached hydrogen (secondary N) is 1. The van der Waals surface area contributed by atoms with Gasteiger partial charge in [-0.3, -0.25) is 20.0 Å². The van der Waals surface area contributed by atoms with E-state index in [2.05, 4.69) is 41.4 Å². The fourth-order valence-electron chi connectivity index (χ4n) is 4.87. The predicted octanol–water partition coefficient (Wildman–Crippen LogP) is 2.47. The Morgan fingerprint density at radius 3 is 2.09 bits per heavy atom. The average molecular weight is 447 g/mol. The number of hydrogen-bond donors (Lipinski definition) is 1. The third kappa shape index (κ3) is 3.89. The van der Waals surface area contributed by atoms with E-state index < -0.39 is 12.2 Å². The van der Waals surface area contributed by atoms with Gasteiger partial charge in [-0.2, -0.15) is 5.10 Å². The maximum atomic E-state index is 13.6. The van der Waals surface area contributed by atoms with Crippen LogP contribution in [0.4, 0.5) is 4.79 Å². The van der Waals surface area contributed by atoms with E-state index >= 15 is 0 Å². The minimum atomic E-state index is -0.464. The van der Waals surface area contributed by atoms with Gasteiger partial charge < -0.3 is 4.90 Å². The lowest BCUT2D eigenvalue weighted by molar-refractivity contribution is -0.139. The molecule has 3 aliphatic heterocycles. The van der Waals surface area contributed by atoms with Crippen LogP contribution in [0, 0.1) is 13.8 Å². The number of carbonyl (C=O) groups excluding carboxylic acids is 2. The Morgan fingerprint density at radius 2 is 1.48 bits per heavy atom. The van der Waals surface area contributed by atoms with Crippen molar-refractivity contribution in [2.24, 2.45) is 5.10 Å². The Kier molecular flexibility index (Phi) is 5.42. The summed E-state index contributed by atoms with van der Waals surface area (Å²) in [7, 11) is 1.76. The van der Waals surface area contributed by atoms with Gasteiger partial charge in [-0.25, -0.2) is 9.69 Å². The van der Waals surface area contributed by atoms with E-state index in [0.29, 0.717) is 13.1 Å². The van der Waals surface area contributed by atoms with Crippen LogP contribution in [0.25, 0.3) is 0 Å². The van der Waals surface area contributed by atoms with Gasteiger partial charge in [-0.1, -0.05) is 59.7 Å². The molecule has 0 radical (unpaired) electrons. The zero-order valence-corrected chi connectivity index (χ0v) is 19.5. The molecule has 2 saturated heterocycles. The van der Waals surface area contributed by atoms with E-state index in [0.717, 1.165) is 22.4 Å². The molecule has 3 unspecified atom stereocenters. The number of aryl methyl sites for hydroxylation is 2. The molecule has 0 saturated carbocycles. The highest BCUT2D eigenvalue weighted by atomic mass is 16.2. The van der Waals surface area contributed by atoms with Crippen LogP contribution in [0.3, 0.4) is 0 Å². The second-order valence-electron chi connectivity index (χ2n) is 9.32. The van der Waals surface area contributed by atoms with E-state index in [1.807, 2.05) is 43.1 Å². The number of amides is 3. The summed E-state index contributed by atoms with van der Waals surface area (Å²) in [5, 5.41) is 10.3. The van der Waals surface area contributed by atoms with E-state index in [-0.39, 0.29) is 24.8 Å². The highest BCUT2D eigenvalue weighted by Crippen LogP contribution is 2.31. The Hall–Kier alpha value is -3.23. The molecule has 8 nitrogen and oxygen atoms in total. The summed E-state index contributed by atoms with van der Waals surface area (Å²) in [6.07, 6.45) is -0.658. The third-order valence-corrected chi connectivity index (χ3v) is 6.68. The molecule has 2 aromatic rings. The summed E-state index contributed by atoms with van der Waals surface area (Å²) in [5.74, 6) is -0.163. The summed E-state index contributed by atoms with van der Waals surface area (Å²) in [6.45, 7) is 7.53. The average Bonchev–Trinajstić information content (AvgIpc) is 3.18. The first-order chi connectivity index (χ1) is 15.8. The summed E-state index contributed by atoms with van der Waals surface area (Å²) in [5.41, 5.74) is 5.38. The van der Waals surface area contributed by atoms with Gasteiger partial charge in [0.1, 0.15) is 12.2 Å². The van der Waals surface area contributed by atoms with Crippen LogP contribution in [0.1, 0.15) is 29.2 Å². The summed E-state index contributed by atoms with van der Waals surface area (Å²) < 4.78 is 0. The van der Waals surface area contributed by atoms with Gasteiger partial charge >= 0.3 is 6.03 Å². The standard InChI is InChI=1S/C25H30N6O2/c1-16-5-9-19(10-6-16)14-30-23(32)21-22(28(4)25(30)33)26-24-29(21)13-18(3)27-31(24)15-20-11-7-17(2)8-12-20/h5-12,21-22,24,26H,13-15H2,1-4H3. The van der Waals surface area contributed by atoms with Crippen molar-refractivity contribution in [2.75, 3.05) is 13.6 Å². The molecule has 33 heavy (non-hydrogen) atoms. The molecule has 5 rings (SSSR count). The number of urea groups is 1. The zero-order chi connectivity index (χ0) is 23.3. The molecule has 3 heterocycles. The number of hydrazone groups is 1. The lowest BCUT2D eigenvalue weighted by Crippen LogP contribution is -2.66. The monoisotopic (exact) mass is 446 g/mol. The van der Waals surface area contributed by atoms with Gasteiger partial charge in [0.2, 0.25) is 0 Å². The highest BCUT2D eigenvalue weighted by Gasteiger charge is 2.56. The normalized spacial score (nSPS) is 25.3. The molecular formula is C25H30N6O2. The topological polar surface area (TPSA) is 71.5 Å². The van der Waals surface area contributed by atoms with Gasteiger partial charge in [0.25, 0.3) is 5.91 Å². The number of hydrogen-bond acceptors (Lipinski definition) is 6. The third-order valence-electron chi connectivity index (χ3n) is 6.68. The number of rotatable bonds is 4. The van der Waals surface area contributed by atoms with Crippen molar-refractivity contribution in [3.8, 4) is 0 Å². The molecule has 8 heteroatoms. The van der Waals surface area contributed by atoms with Gasteiger partial charge in [0.15, 0.2) is 6.29 Å². The van der Waals surface area contributed by atoms with Crippen LogP contribution >= 0.6 is 0 Å². The molecule has 0 spiro atoms. The van der Waals surface area contributed by atoms with Crippen molar-refractivity contribution in [1.29, 1.82) is 0 Å². The van der Waals surface area contributed by atoms with Gasteiger partial charge in [-0.15, -0.1) is 0 Å². The van der Waals surface area contributed by atoms with Crippen LogP contribution in [0.5, 0.6) is 0 Å². The van der Waals surface area contributed by atoms with E-state index in [1.165, 1.54) is 10.5 Å². The highest BCUT2D eigenvalue weighted by molar-refractivity contribution is 6.01. The molecule has 0 aromatic heterocycles. The second kappa shape index (κ2) is 8.28. The smallest absolute Gasteiger partial charge is 0.310 e. The molecular weight excluding hydrogens is 416 g/mol. The van der Waals surface area contributed by atoms with Gasteiger partial charge in [-0.05, 0) is 31.9 Å². The van der Waals surface area contributed by atoms with E-state index in [1.54, 1.807) is 11.9 Å². The zero-order valence-electron chi connectivity index (χ0n) is 19.5. The Morgan fingerprint density at radius 1 is 0.909 bits per heavy atom. The molecule has 2 aromatic carbocycles. The Labute approximate surface area is 194 Å². The number of nitrogens with zero attached hydrogens (tertiary/aromatic N) is 5. The fourth-order valence-corrected chi connectivity index (χ4v) is 4.87. The molecule has 1 N–H and O–H groups in total. The number of fused-ring (bicyclic) bond motifs is 3.